The molecule has 1 aromatic carbocycles. The third kappa shape index (κ3) is 2.70. The molecule has 0 aliphatic rings. The molecule has 0 saturated heterocycles. The summed E-state index contributed by atoms with van der Waals surface area (Å²) in [5, 5.41) is 4.17. The maximum Gasteiger partial charge on any atom is 0.263 e. The van der Waals surface area contributed by atoms with Gasteiger partial charge in [0.15, 0.2) is 0 Å². The largest absolute Gasteiger partial charge is 0.397 e. The fourth-order valence-corrected chi connectivity index (χ4v) is 3.46. The zero-order valence-corrected chi connectivity index (χ0v) is 12.5. The van der Waals surface area contributed by atoms with Crippen LogP contribution in [0.2, 0.25) is 5.02 Å². The van der Waals surface area contributed by atoms with Gasteiger partial charge in [0.05, 0.1) is 10.7 Å². The second-order valence-corrected chi connectivity index (χ2v) is 5.96. The molecule has 0 fully saturated rings. The van der Waals surface area contributed by atoms with E-state index >= 15 is 0 Å². The predicted octanol–water partition coefficient (Wildman–Crippen LogP) is 3.46. The fourth-order valence-electron chi connectivity index (χ4n) is 2.06. The first-order chi connectivity index (χ1) is 10.2. The first kappa shape index (κ1) is 13.9. The number of nitrogens with zero attached hydrogens (tertiary/aromatic N) is 1. The average Bonchev–Trinajstić information content (AvgIpc) is 2.84. The van der Waals surface area contributed by atoms with E-state index < -0.39 is 0 Å². The first-order valence-electron chi connectivity index (χ1n) is 6.30. The number of nitrogens with two attached hydrogens (primary N) is 1. The predicted molar refractivity (Wildman–Crippen MR) is 86.7 cm³/mol. The Morgan fingerprint density at radius 2 is 2.05 bits per heavy atom. The van der Waals surface area contributed by atoms with Crippen LogP contribution in [0.25, 0.3) is 10.1 Å². The number of halogens is 1. The summed E-state index contributed by atoms with van der Waals surface area (Å²) in [6.45, 7) is 0.433. The molecule has 2 heterocycles. The molecule has 0 aliphatic heterocycles. The van der Waals surface area contributed by atoms with Crippen LogP contribution >= 0.6 is 22.9 Å². The minimum Gasteiger partial charge on any atom is -0.397 e. The molecule has 0 saturated carbocycles. The van der Waals surface area contributed by atoms with Gasteiger partial charge in [0.2, 0.25) is 0 Å². The van der Waals surface area contributed by atoms with Gasteiger partial charge in [0, 0.05) is 29.0 Å². The summed E-state index contributed by atoms with van der Waals surface area (Å²) in [6.07, 6.45) is 3.38. The van der Waals surface area contributed by atoms with Crippen LogP contribution in [0.3, 0.4) is 0 Å². The van der Waals surface area contributed by atoms with Gasteiger partial charge in [-0.25, -0.2) is 0 Å². The molecular weight excluding hydrogens is 306 g/mol. The van der Waals surface area contributed by atoms with Crippen molar-refractivity contribution in [3.05, 3.63) is 58.2 Å². The van der Waals surface area contributed by atoms with Gasteiger partial charge in [-0.15, -0.1) is 11.3 Å². The SMILES string of the molecule is Nc1c(C(=O)NCc2ccncc2)sc2cccc(Cl)c12. The van der Waals surface area contributed by atoms with Crippen LogP contribution in [0, 0.1) is 0 Å². The van der Waals surface area contributed by atoms with Gasteiger partial charge in [-0.3, -0.25) is 9.78 Å². The summed E-state index contributed by atoms with van der Waals surface area (Å²) >= 11 is 7.49. The average molecular weight is 318 g/mol. The van der Waals surface area contributed by atoms with Crippen LogP contribution in [0.1, 0.15) is 15.2 Å². The van der Waals surface area contributed by atoms with E-state index in [1.165, 1.54) is 11.3 Å². The number of hydrogen-bond donors (Lipinski definition) is 2. The summed E-state index contributed by atoms with van der Waals surface area (Å²) in [5.74, 6) is -0.193. The molecule has 0 unspecified atom stereocenters. The van der Waals surface area contributed by atoms with Crippen LogP contribution in [0.15, 0.2) is 42.7 Å². The van der Waals surface area contributed by atoms with E-state index in [4.69, 9.17) is 17.3 Å². The second kappa shape index (κ2) is 5.71. The molecular formula is C15H12ClN3OS. The number of thiophene rings is 1. The van der Waals surface area contributed by atoms with Crippen molar-refractivity contribution in [3.8, 4) is 0 Å². The van der Waals surface area contributed by atoms with Crippen molar-refractivity contribution in [2.45, 2.75) is 6.54 Å². The molecule has 0 spiro atoms. The van der Waals surface area contributed by atoms with Gasteiger partial charge < -0.3 is 11.1 Å². The van der Waals surface area contributed by atoms with Gasteiger partial charge in [0.25, 0.3) is 5.91 Å². The maximum atomic E-state index is 12.3. The number of benzene rings is 1. The Morgan fingerprint density at radius 3 is 2.76 bits per heavy atom. The molecule has 6 heteroatoms. The normalized spacial score (nSPS) is 10.7. The molecule has 3 N–H and O–H groups in total. The number of aromatic nitrogens is 1. The minimum atomic E-state index is -0.193. The fraction of sp³-hybridized carbons (Fsp3) is 0.0667. The molecule has 0 radical (unpaired) electrons. The molecule has 106 valence electrons. The summed E-state index contributed by atoms with van der Waals surface area (Å²) in [6, 6.07) is 9.23. The zero-order valence-electron chi connectivity index (χ0n) is 11.0. The topological polar surface area (TPSA) is 68.0 Å². The van der Waals surface area contributed by atoms with Crippen molar-refractivity contribution < 1.29 is 4.79 Å². The third-order valence-electron chi connectivity index (χ3n) is 3.11. The second-order valence-electron chi connectivity index (χ2n) is 4.50. The van der Waals surface area contributed by atoms with Crippen molar-refractivity contribution in [2.24, 2.45) is 0 Å². The van der Waals surface area contributed by atoms with Crippen LogP contribution < -0.4 is 11.1 Å². The molecule has 4 nitrogen and oxygen atoms in total. The molecule has 2 aromatic heterocycles. The van der Waals surface area contributed by atoms with E-state index in [1.54, 1.807) is 18.5 Å². The highest BCUT2D eigenvalue weighted by Gasteiger charge is 2.17. The number of nitrogens with one attached hydrogen (secondary N) is 1. The van der Waals surface area contributed by atoms with E-state index in [9.17, 15) is 4.79 Å². The number of nitrogen functional groups attached to an aromatic ring is 1. The maximum absolute atomic E-state index is 12.3. The summed E-state index contributed by atoms with van der Waals surface area (Å²) in [7, 11) is 0. The number of rotatable bonds is 3. The Hall–Kier alpha value is -2.11. The number of pyridine rings is 1. The van der Waals surface area contributed by atoms with Crippen molar-refractivity contribution >= 4 is 44.6 Å². The number of carbonyl (C=O) groups excluding carboxylic acids is 1. The highest BCUT2D eigenvalue weighted by molar-refractivity contribution is 7.21. The van der Waals surface area contributed by atoms with E-state index in [-0.39, 0.29) is 5.91 Å². The number of fused-ring (bicyclic) bond motifs is 1. The lowest BCUT2D eigenvalue weighted by Crippen LogP contribution is -2.22. The third-order valence-corrected chi connectivity index (χ3v) is 4.59. The van der Waals surface area contributed by atoms with Crippen LogP contribution in [0.5, 0.6) is 0 Å². The van der Waals surface area contributed by atoms with Gasteiger partial charge >= 0.3 is 0 Å². The van der Waals surface area contributed by atoms with E-state index in [0.717, 1.165) is 15.6 Å². The Morgan fingerprint density at radius 1 is 1.29 bits per heavy atom. The van der Waals surface area contributed by atoms with Gasteiger partial charge in [-0.2, -0.15) is 0 Å². The Kier molecular flexibility index (Phi) is 3.77. The lowest BCUT2D eigenvalue weighted by molar-refractivity contribution is 0.0956. The number of anilines is 1. The molecule has 3 rings (SSSR count). The van der Waals surface area contributed by atoms with Gasteiger partial charge in [-0.1, -0.05) is 17.7 Å². The lowest BCUT2D eigenvalue weighted by Gasteiger charge is -2.04. The number of hydrogen-bond acceptors (Lipinski definition) is 4. The molecule has 1 amide bonds. The monoisotopic (exact) mass is 317 g/mol. The van der Waals surface area contributed by atoms with Crippen LogP contribution in [-0.4, -0.2) is 10.9 Å². The molecule has 21 heavy (non-hydrogen) atoms. The number of carbonyl (C=O) groups is 1. The lowest BCUT2D eigenvalue weighted by atomic mass is 10.2. The molecule has 3 aromatic rings. The standard InChI is InChI=1S/C15H12ClN3OS/c16-10-2-1-3-11-12(10)13(17)14(21-11)15(20)19-8-9-4-6-18-7-5-9/h1-7H,8,17H2,(H,19,20). The van der Waals surface area contributed by atoms with Crippen molar-refractivity contribution in [3.63, 3.8) is 0 Å². The van der Waals surface area contributed by atoms with Crippen molar-refractivity contribution in [1.29, 1.82) is 0 Å². The van der Waals surface area contributed by atoms with Crippen molar-refractivity contribution in [1.82, 2.24) is 10.3 Å². The smallest absolute Gasteiger partial charge is 0.263 e. The van der Waals surface area contributed by atoms with Crippen LogP contribution in [0.4, 0.5) is 5.69 Å². The number of amides is 1. The summed E-state index contributed by atoms with van der Waals surface area (Å²) in [4.78, 5) is 16.7. The Bertz CT molecular complexity index is 801. The molecule has 0 aliphatic carbocycles. The Balaban J connectivity index is 1.85. The first-order valence-corrected chi connectivity index (χ1v) is 7.50. The van der Waals surface area contributed by atoms with E-state index in [1.807, 2.05) is 24.3 Å². The molecule has 0 bridgehead atoms. The summed E-state index contributed by atoms with van der Waals surface area (Å²) < 4.78 is 0.911. The zero-order chi connectivity index (χ0) is 14.8. The van der Waals surface area contributed by atoms with E-state index in [2.05, 4.69) is 10.3 Å². The summed E-state index contributed by atoms with van der Waals surface area (Å²) in [5.41, 5.74) is 7.49. The van der Waals surface area contributed by atoms with Crippen LogP contribution in [-0.2, 0) is 6.54 Å². The van der Waals surface area contributed by atoms with Crippen molar-refractivity contribution in [2.75, 3.05) is 5.73 Å². The molecule has 0 atom stereocenters. The Labute approximate surface area is 130 Å². The van der Waals surface area contributed by atoms with Gasteiger partial charge in [-0.05, 0) is 29.8 Å². The van der Waals surface area contributed by atoms with E-state index in [0.29, 0.717) is 22.1 Å². The highest BCUT2D eigenvalue weighted by atomic mass is 35.5. The minimum absolute atomic E-state index is 0.193. The quantitative estimate of drug-likeness (QED) is 0.777. The highest BCUT2D eigenvalue weighted by Crippen LogP contribution is 2.37. The van der Waals surface area contributed by atoms with Gasteiger partial charge in [0.1, 0.15) is 4.88 Å².